The van der Waals surface area contributed by atoms with E-state index in [0.717, 1.165) is 16.8 Å². The largest absolute Gasteiger partial charge is 0.444 e. The second kappa shape index (κ2) is 16.6. The average Bonchev–Trinajstić information content (AvgIpc) is 2.90. The Bertz CT molecular complexity index is 1210. The molecule has 1 N–H and O–H groups in total. The molecule has 0 aliphatic rings. The SMILES string of the molecule is Cc1ccc(N(C)C(=O)OCCl)cc1.Cc1ccc(N(C)C(=O)OCOC(=O)[C@@H](NC(=O)OC(C)(C)C)C(C)(C)C)cc1. The number of anilines is 2. The third kappa shape index (κ3) is 13.7. The molecule has 0 bridgehead atoms. The topological polar surface area (TPSA) is 124 Å². The van der Waals surface area contributed by atoms with E-state index >= 15 is 0 Å². The van der Waals surface area contributed by atoms with Crippen LogP contribution in [-0.4, -0.2) is 62.8 Å². The molecule has 0 aliphatic carbocycles. The molecule has 238 valence electrons. The summed E-state index contributed by atoms with van der Waals surface area (Å²) < 4.78 is 19.9. The van der Waals surface area contributed by atoms with Crippen LogP contribution < -0.4 is 15.1 Å². The minimum Gasteiger partial charge on any atom is -0.444 e. The lowest BCUT2D eigenvalue weighted by atomic mass is 9.87. The Kier molecular flexibility index (Phi) is 14.3. The molecular weight excluding hydrogens is 578 g/mol. The van der Waals surface area contributed by atoms with Crippen molar-refractivity contribution in [2.24, 2.45) is 5.41 Å². The van der Waals surface area contributed by atoms with Crippen LogP contribution in [0.15, 0.2) is 48.5 Å². The van der Waals surface area contributed by atoms with Gasteiger partial charge in [-0.05, 0) is 64.3 Å². The highest BCUT2D eigenvalue weighted by Gasteiger charge is 2.35. The van der Waals surface area contributed by atoms with Gasteiger partial charge in [-0.2, -0.15) is 0 Å². The Balaban J connectivity index is 0.000000549. The first-order valence-corrected chi connectivity index (χ1v) is 14.1. The molecule has 0 aromatic heterocycles. The summed E-state index contributed by atoms with van der Waals surface area (Å²) in [4.78, 5) is 50.6. The Labute approximate surface area is 259 Å². The van der Waals surface area contributed by atoms with Crippen molar-refractivity contribution in [3.63, 3.8) is 0 Å². The second-order valence-electron chi connectivity index (χ2n) is 11.7. The zero-order valence-corrected chi connectivity index (χ0v) is 27.4. The molecule has 0 aliphatic heterocycles. The normalized spacial score (nSPS) is 11.6. The molecule has 0 saturated heterocycles. The summed E-state index contributed by atoms with van der Waals surface area (Å²) in [5.41, 5.74) is 2.29. The molecule has 11 nitrogen and oxygen atoms in total. The fraction of sp³-hybridized carbons (Fsp3) is 0.484. The van der Waals surface area contributed by atoms with Gasteiger partial charge in [0.05, 0.1) is 0 Å². The number of carbonyl (C=O) groups is 4. The maximum Gasteiger partial charge on any atom is 0.416 e. The van der Waals surface area contributed by atoms with Gasteiger partial charge >= 0.3 is 24.2 Å². The Hall–Kier alpha value is -3.99. The van der Waals surface area contributed by atoms with Crippen LogP contribution in [-0.2, 0) is 23.7 Å². The first-order chi connectivity index (χ1) is 19.9. The number of nitrogens with zero attached hydrogens (tertiary/aromatic N) is 2. The molecule has 2 rings (SSSR count). The van der Waals surface area contributed by atoms with Crippen molar-refractivity contribution in [3.05, 3.63) is 59.7 Å². The molecule has 1 atom stereocenters. The zero-order chi connectivity index (χ0) is 33.0. The lowest BCUT2D eigenvalue weighted by molar-refractivity contribution is -0.157. The minimum absolute atomic E-state index is 0.130. The van der Waals surface area contributed by atoms with Crippen LogP contribution in [0.25, 0.3) is 0 Å². The molecule has 2 aromatic rings. The van der Waals surface area contributed by atoms with Crippen LogP contribution in [0.1, 0.15) is 52.7 Å². The molecule has 2 aromatic carbocycles. The summed E-state index contributed by atoms with van der Waals surface area (Å²) in [6.07, 6.45) is -1.86. The van der Waals surface area contributed by atoms with Gasteiger partial charge in [0.15, 0.2) is 6.07 Å². The van der Waals surface area contributed by atoms with E-state index in [1.165, 1.54) is 9.80 Å². The van der Waals surface area contributed by atoms with Crippen LogP contribution in [0.2, 0.25) is 0 Å². The average molecular weight is 622 g/mol. The number of halogens is 1. The molecule has 43 heavy (non-hydrogen) atoms. The van der Waals surface area contributed by atoms with E-state index in [4.69, 9.17) is 25.8 Å². The van der Waals surface area contributed by atoms with Crippen molar-refractivity contribution < 1.29 is 38.1 Å². The standard InChI is InChI=1S/C21H32N2O6.C10H12ClNO2/c1-14-9-11-15(12-10-14)23(8)19(26)28-13-27-17(24)16(20(2,3)4)22-18(25)29-21(5,6)7;1-8-3-5-9(6-4-8)12(2)10(13)14-7-11/h9-12,16H,13H2,1-8H3,(H,22,25);3-6H,7H2,1-2H3/t16-;/m1./s1. The molecule has 0 fully saturated rings. The predicted molar refractivity (Wildman–Crippen MR) is 166 cm³/mol. The van der Waals surface area contributed by atoms with Gasteiger partial charge in [0.2, 0.25) is 6.79 Å². The lowest BCUT2D eigenvalue weighted by Crippen LogP contribution is -2.51. The van der Waals surface area contributed by atoms with Gasteiger partial charge in [0, 0.05) is 25.5 Å². The lowest BCUT2D eigenvalue weighted by Gasteiger charge is -2.30. The summed E-state index contributed by atoms with van der Waals surface area (Å²) in [7, 11) is 3.19. The van der Waals surface area contributed by atoms with Crippen LogP contribution in [0.5, 0.6) is 0 Å². The molecule has 0 unspecified atom stereocenters. The van der Waals surface area contributed by atoms with E-state index in [-0.39, 0.29) is 6.07 Å². The van der Waals surface area contributed by atoms with Crippen molar-refractivity contribution in [1.29, 1.82) is 0 Å². The van der Waals surface area contributed by atoms with E-state index in [1.807, 2.05) is 50.2 Å². The molecule has 0 saturated carbocycles. The number of hydrogen-bond donors (Lipinski definition) is 1. The summed E-state index contributed by atoms with van der Waals surface area (Å²) in [6.45, 7) is 13.8. The number of benzene rings is 2. The van der Waals surface area contributed by atoms with Gasteiger partial charge in [-0.3, -0.25) is 9.80 Å². The Morgan fingerprint density at radius 1 is 0.744 bits per heavy atom. The summed E-state index contributed by atoms with van der Waals surface area (Å²) >= 11 is 5.28. The van der Waals surface area contributed by atoms with Gasteiger partial charge in [-0.15, -0.1) is 0 Å². The summed E-state index contributed by atoms with van der Waals surface area (Å²) in [5.74, 6) is -0.728. The van der Waals surface area contributed by atoms with E-state index in [1.54, 1.807) is 67.8 Å². The molecule has 0 heterocycles. The van der Waals surface area contributed by atoms with Crippen LogP contribution >= 0.6 is 11.6 Å². The number of hydrogen-bond acceptors (Lipinski definition) is 8. The number of alkyl halides is 1. The second-order valence-corrected chi connectivity index (χ2v) is 12.0. The number of amides is 3. The van der Waals surface area contributed by atoms with E-state index in [2.05, 4.69) is 10.1 Å². The molecule has 0 spiro atoms. The van der Waals surface area contributed by atoms with Crippen LogP contribution in [0, 0.1) is 19.3 Å². The molecule has 3 amide bonds. The predicted octanol–water partition coefficient (Wildman–Crippen LogP) is 6.77. The Morgan fingerprint density at radius 3 is 1.53 bits per heavy atom. The van der Waals surface area contributed by atoms with Crippen molar-refractivity contribution >= 4 is 47.2 Å². The first-order valence-electron chi connectivity index (χ1n) is 13.5. The van der Waals surface area contributed by atoms with Crippen molar-refractivity contribution in [1.82, 2.24) is 5.32 Å². The number of carbonyl (C=O) groups excluding carboxylic acids is 4. The van der Waals surface area contributed by atoms with Crippen molar-refractivity contribution in [2.45, 2.75) is 67.0 Å². The van der Waals surface area contributed by atoms with E-state index in [0.29, 0.717) is 5.69 Å². The van der Waals surface area contributed by atoms with Crippen molar-refractivity contribution in [3.8, 4) is 0 Å². The number of rotatable bonds is 7. The molecular formula is C31H44ClN3O8. The minimum atomic E-state index is -0.981. The highest BCUT2D eigenvalue weighted by atomic mass is 35.5. The number of aryl methyl sites for hydroxylation is 2. The first kappa shape index (κ1) is 37.0. The smallest absolute Gasteiger partial charge is 0.416 e. The maximum atomic E-state index is 12.5. The molecule has 0 radical (unpaired) electrons. The van der Waals surface area contributed by atoms with Crippen LogP contribution in [0.3, 0.4) is 0 Å². The summed E-state index contributed by atoms with van der Waals surface area (Å²) in [5, 5.41) is 2.52. The van der Waals surface area contributed by atoms with Crippen LogP contribution in [0.4, 0.5) is 25.8 Å². The van der Waals surface area contributed by atoms with Gasteiger partial charge < -0.3 is 24.3 Å². The third-order valence-electron chi connectivity index (χ3n) is 5.71. The number of alkyl carbamates (subject to hydrolysis) is 1. The zero-order valence-electron chi connectivity index (χ0n) is 26.6. The maximum absolute atomic E-state index is 12.5. The third-order valence-corrected chi connectivity index (χ3v) is 5.82. The fourth-order valence-electron chi connectivity index (χ4n) is 3.26. The van der Waals surface area contributed by atoms with Crippen molar-refractivity contribution in [2.75, 3.05) is 36.8 Å². The fourth-order valence-corrected chi connectivity index (χ4v) is 3.36. The molecule has 12 heteroatoms. The van der Waals surface area contributed by atoms with Gasteiger partial charge in [0.25, 0.3) is 0 Å². The highest BCUT2D eigenvalue weighted by molar-refractivity contribution is 6.17. The van der Waals surface area contributed by atoms with Gasteiger partial charge in [0.1, 0.15) is 11.6 Å². The highest BCUT2D eigenvalue weighted by Crippen LogP contribution is 2.21. The summed E-state index contributed by atoms with van der Waals surface area (Å²) in [6, 6.07) is 13.8. The van der Waals surface area contributed by atoms with Gasteiger partial charge in [-0.25, -0.2) is 19.2 Å². The quantitative estimate of drug-likeness (QED) is 0.155. The monoisotopic (exact) mass is 621 g/mol. The Morgan fingerprint density at radius 2 is 1.16 bits per heavy atom. The number of nitrogens with one attached hydrogen (secondary N) is 1. The number of ether oxygens (including phenoxy) is 4. The van der Waals surface area contributed by atoms with E-state index < -0.39 is 48.1 Å². The number of esters is 1. The van der Waals surface area contributed by atoms with Gasteiger partial charge in [-0.1, -0.05) is 67.8 Å². The van der Waals surface area contributed by atoms with E-state index in [9.17, 15) is 19.2 Å².